The van der Waals surface area contributed by atoms with E-state index >= 15 is 0 Å². The Morgan fingerprint density at radius 1 is 1.29 bits per heavy atom. The summed E-state index contributed by atoms with van der Waals surface area (Å²) in [4.78, 5) is 4.49. The minimum absolute atomic E-state index is 0.685. The molecule has 0 bridgehead atoms. The number of hydrogen-bond acceptors (Lipinski definition) is 3. The summed E-state index contributed by atoms with van der Waals surface area (Å²) in [5.41, 5.74) is 3.10. The summed E-state index contributed by atoms with van der Waals surface area (Å²) in [6, 6.07) is 5.94. The Labute approximate surface area is 101 Å². The highest BCUT2D eigenvalue weighted by Crippen LogP contribution is 2.27. The number of hydrogen-bond donors (Lipinski definition) is 0. The van der Waals surface area contributed by atoms with Crippen molar-refractivity contribution in [3.05, 3.63) is 35.2 Å². The van der Waals surface area contributed by atoms with Crippen molar-refractivity contribution in [2.75, 3.05) is 7.11 Å². The molecule has 0 aliphatic rings. The molecule has 0 radical (unpaired) electrons. The second-order valence-electron chi connectivity index (χ2n) is 4.06. The fourth-order valence-corrected chi connectivity index (χ4v) is 1.89. The summed E-state index contributed by atoms with van der Waals surface area (Å²) in [5.74, 6) is 2.47. The lowest BCUT2D eigenvalue weighted by molar-refractivity contribution is 0.411. The van der Waals surface area contributed by atoms with Gasteiger partial charge < -0.3 is 9.15 Å². The number of benzene rings is 1. The number of oxazole rings is 1. The van der Waals surface area contributed by atoms with Crippen LogP contribution in [0.1, 0.15) is 23.9 Å². The summed E-state index contributed by atoms with van der Waals surface area (Å²) in [5, 5.41) is 0. The van der Waals surface area contributed by atoms with E-state index in [1.54, 1.807) is 7.11 Å². The predicted octanol–water partition coefficient (Wildman–Crippen LogP) is 3.53. The van der Waals surface area contributed by atoms with E-state index in [1.165, 1.54) is 0 Å². The largest absolute Gasteiger partial charge is 0.496 e. The van der Waals surface area contributed by atoms with Gasteiger partial charge in [-0.05, 0) is 44.0 Å². The van der Waals surface area contributed by atoms with Crippen LogP contribution in [-0.2, 0) is 6.42 Å². The number of nitrogens with zero attached hydrogens (tertiary/aromatic N) is 1. The van der Waals surface area contributed by atoms with E-state index in [9.17, 15) is 0 Å². The van der Waals surface area contributed by atoms with Gasteiger partial charge in [-0.15, -0.1) is 0 Å². The molecule has 0 aliphatic heterocycles. The normalized spacial score (nSPS) is 10.6. The van der Waals surface area contributed by atoms with E-state index < -0.39 is 0 Å². The number of aryl methyl sites for hydroxylation is 3. The van der Waals surface area contributed by atoms with Gasteiger partial charge in [0.05, 0.1) is 12.8 Å². The van der Waals surface area contributed by atoms with E-state index in [0.717, 1.165) is 34.8 Å². The summed E-state index contributed by atoms with van der Waals surface area (Å²) >= 11 is 0. The molecule has 3 heteroatoms. The maximum absolute atomic E-state index is 5.67. The molecular weight excluding hydrogens is 214 g/mol. The first-order valence-electron chi connectivity index (χ1n) is 5.77. The molecule has 0 N–H and O–H groups in total. The molecular formula is C14H17NO2. The first-order chi connectivity index (χ1) is 8.15. The third-order valence-electron chi connectivity index (χ3n) is 2.87. The molecule has 3 nitrogen and oxygen atoms in total. The van der Waals surface area contributed by atoms with Crippen LogP contribution < -0.4 is 4.74 Å². The maximum Gasteiger partial charge on any atom is 0.226 e. The third kappa shape index (κ3) is 2.18. The van der Waals surface area contributed by atoms with Gasteiger partial charge in [0.1, 0.15) is 11.5 Å². The standard InChI is InChI=1S/C14H17NO2/c1-5-12-10(3)17-14(15-12)11-6-7-13(16-4)9(2)8-11/h6-8H,5H2,1-4H3. The van der Waals surface area contributed by atoms with Crippen LogP contribution in [-0.4, -0.2) is 12.1 Å². The van der Waals surface area contributed by atoms with Crippen LogP contribution in [0.2, 0.25) is 0 Å². The van der Waals surface area contributed by atoms with Crippen LogP contribution in [0.5, 0.6) is 5.75 Å². The minimum atomic E-state index is 0.685. The number of rotatable bonds is 3. The molecule has 2 aromatic rings. The molecule has 0 atom stereocenters. The molecule has 1 heterocycles. The first kappa shape index (κ1) is 11.7. The highest BCUT2D eigenvalue weighted by atomic mass is 16.5. The van der Waals surface area contributed by atoms with Gasteiger partial charge in [-0.3, -0.25) is 0 Å². The number of aromatic nitrogens is 1. The van der Waals surface area contributed by atoms with Crippen LogP contribution in [0.3, 0.4) is 0 Å². The lowest BCUT2D eigenvalue weighted by Crippen LogP contribution is -1.88. The van der Waals surface area contributed by atoms with Crippen LogP contribution in [0.25, 0.3) is 11.5 Å². The van der Waals surface area contributed by atoms with Gasteiger partial charge in [0.25, 0.3) is 0 Å². The predicted molar refractivity (Wildman–Crippen MR) is 67.3 cm³/mol. The van der Waals surface area contributed by atoms with E-state index in [2.05, 4.69) is 11.9 Å². The summed E-state index contributed by atoms with van der Waals surface area (Å²) in [6.45, 7) is 6.04. The van der Waals surface area contributed by atoms with Crippen molar-refractivity contribution in [3.8, 4) is 17.2 Å². The van der Waals surface area contributed by atoms with E-state index in [4.69, 9.17) is 9.15 Å². The fraction of sp³-hybridized carbons (Fsp3) is 0.357. The van der Waals surface area contributed by atoms with Crippen LogP contribution >= 0.6 is 0 Å². The Morgan fingerprint density at radius 3 is 2.59 bits per heavy atom. The molecule has 90 valence electrons. The van der Waals surface area contributed by atoms with Gasteiger partial charge in [0.2, 0.25) is 5.89 Å². The Morgan fingerprint density at radius 2 is 2.06 bits per heavy atom. The first-order valence-corrected chi connectivity index (χ1v) is 5.77. The minimum Gasteiger partial charge on any atom is -0.496 e. The van der Waals surface area contributed by atoms with Crippen molar-refractivity contribution in [1.82, 2.24) is 4.98 Å². The molecule has 0 unspecified atom stereocenters. The molecule has 1 aromatic heterocycles. The van der Waals surface area contributed by atoms with E-state index in [0.29, 0.717) is 5.89 Å². The summed E-state index contributed by atoms with van der Waals surface area (Å²) in [7, 11) is 1.67. The molecule has 0 spiro atoms. The van der Waals surface area contributed by atoms with Crippen molar-refractivity contribution in [2.45, 2.75) is 27.2 Å². The zero-order valence-electron chi connectivity index (χ0n) is 10.7. The van der Waals surface area contributed by atoms with Crippen molar-refractivity contribution < 1.29 is 9.15 Å². The van der Waals surface area contributed by atoms with Gasteiger partial charge in [0, 0.05) is 5.56 Å². The Kier molecular flexibility index (Phi) is 3.18. The Bertz CT molecular complexity index is 529. The summed E-state index contributed by atoms with van der Waals surface area (Å²) in [6.07, 6.45) is 0.893. The Balaban J connectivity index is 2.42. The van der Waals surface area contributed by atoms with Gasteiger partial charge in [-0.1, -0.05) is 6.92 Å². The molecule has 0 saturated heterocycles. The monoisotopic (exact) mass is 231 g/mol. The second-order valence-corrected chi connectivity index (χ2v) is 4.06. The van der Waals surface area contributed by atoms with Gasteiger partial charge in [0.15, 0.2) is 0 Å². The lowest BCUT2D eigenvalue weighted by atomic mass is 10.1. The van der Waals surface area contributed by atoms with Crippen molar-refractivity contribution in [1.29, 1.82) is 0 Å². The lowest BCUT2D eigenvalue weighted by Gasteiger charge is -2.04. The molecule has 0 fully saturated rings. The van der Waals surface area contributed by atoms with Crippen molar-refractivity contribution in [3.63, 3.8) is 0 Å². The SMILES string of the molecule is CCc1nc(-c2ccc(OC)c(C)c2)oc1C. The second kappa shape index (κ2) is 4.62. The van der Waals surface area contributed by atoms with Crippen LogP contribution in [0, 0.1) is 13.8 Å². The van der Waals surface area contributed by atoms with Crippen LogP contribution in [0.4, 0.5) is 0 Å². The third-order valence-corrected chi connectivity index (χ3v) is 2.87. The van der Waals surface area contributed by atoms with E-state index in [1.807, 2.05) is 32.0 Å². The summed E-state index contributed by atoms with van der Waals surface area (Å²) < 4.78 is 10.9. The molecule has 0 aliphatic carbocycles. The van der Waals surface area contributed by atoms with Crippen molar-refractivity contribution in [2.24, 2.45) is 0 Å². The Hall–Kier alpha value is -1.77. The average Bonchev–Trinajstić information content (AvgIpc) is 2.70. The topological polar surface area (TPSA) is 35.3 Å². The van der Waals surface area contributed by atoms with Crippen LogP contribution in [0.15, 0.2) is 22.6 Å². The highest BCUT2D eigenvalue weighted by Gasteiger charge is 2.11. The zero-order chi connectivity index (χ0) is 12.4. The number of methoxy groups -OCH3 is 1. The average molecular weight is 231 g/mol. The molecule has 2 rings (SSSR count). The molecule has 1 aromatic carbocycles. The van der Waals surface area contributed by atoms with Gasteiger partial charge >= 0.3 is 0 Å². The maximum atomic E-state index is 5.67. The van der Waals surface area contributed by atoms with Crippen molar-refractivity contribution >= 4 is 0 Å². The zero-order valence-corrected chi connectivity index (χ0v) is 10.7. The van der Waals surface area contributed by atoms with Gasteiger partial charge in [-0.25, -0.2) is 4.98 Å². The fourth-order valence-electron chi connectivity index (χ4n) is 1.89. The number of ether oxygens (including phenoxy) is 1. The quantitative estimate of drug-likeness (QED) is 0.810. The smallest absolute Gasteiger partial charge is 0.226 e. The molecule has 0 amide bonds. The highest BCUT2D eigenvalue weighted by molar-refractivity contribution is 5.57. The molecule has 17 heavy (non-hydrogen) atoms. The molecule has 0 saturated carbocycles. The van der Waals surface area contributed by atoms with Gasteiger partial charge in [-0.2, -0.15) is 0 Å². The van der Waals surface area contributed by atoms with E-state index in [-0.39, 0.29) is 0 Å².